The Morgan fingerprint density at radius 1 is 0.838 bits per heavy atom. The lowest BCUT2D eigenvalue weighted by atomic mass is 9.76. The van der Waals surface area contributed by atoms with Gasteiger partial charge in [0.25, 0.3) is 0 Å². The number of Topliss-reactive ketones (excluding diaryl/α,β-unsaturated/α-hetero) is 1. The van der Waals surface area contributed by atoms with Crippen molar-refractivity contribution in [3.05, 3.63) is 83.6 Å². The standard InChI is InChI=1S/C30H33N3O4/c1-33(2)21-12-10-18(11-13-21)29-28-24(31-22-8-6-7-9-23(22)32-29)14-19(15-25(28)34)20-16-26(35-3)30(37-5)27(17-20)36-4/h6-14,16-17,19,28-29,31-32H,15H2,1-5H3. The van der Waals surface area contributed by atoms with E-state index in [1.807, 2.05) is 50.5 Å². The zero-order valence-electron chi connectivity index (χ0n) is 21.9. The number of para-hydroxylation sites is 2. The van der Waals surface area contributed by atoms with E-state index in [2.05, 4.69) is 45.9 Å². The topological polar surface area (TPSA) is 72.1 Å². The molecule has 7 heteroatoms. The third kappa shape index (κ3) is 4.57. The molecule has 0 saturated carbocycles. The number of carbonyl (C=O) groups is 1. The molecule has 3 aromatic rings. The molecule has 0 spiro atoms. The summed E-state index contributed by atoms with van der Waals surface area (Å²) in [6, 6.07) is 20.1. The van der Waals surface area contributed by atoms with Gasteiger partial charge < -0.3 is 29.7 Å². The molecule has 37 heavy (non-hydrogen) atoms. The minimum absolute atomic E-state index is 0.137. The normalized spacial score (nSPS) is 20.3. The molecule has 0 aromatic heterocycles. The summed E-state index contributed by atoms with van der Waals surface area (Å²) in [7, 11) is 8.83. The average Bonchev–Trinajstić information content (AvgIpc) is 3.09. The quantitative estimate of drug-likeness (QED) is 0.457. The predicted octanol–water partition coefficient (Wildman–Crippen LogP) is 5.61. The molecule has 0 radical (unpaired) electrons. The van der Waals surface area contributed by atoms with Gasteiger partial charge in [-0.3, -0.25) is 4.79 Å². The zero-order chi connectivity index (χ0) is 26.1. The number of fused-ring (bicyclic) bond motifs is 2. The van der Waals surface area contributed by atoms with Gasteiger partial charge in [0.1, 0.15) is 5.78 Å². The van der Waals surface area contributed by atoms with Crippen molar-refractivity contribution in [2.24, 2.45) is 5.92 Å². The van der Waals surface area contributed by atoms with Gasteiger partial charge in [0, 0.05) is 37.8 Å². The summed E-state index contributed by atoms with van der Waals surface area (Å²) in [5, 5.41) is 7.25. The zero-order valence-corrected chi connectivity index (χ0v) is 21.9. The minimum Gasteiger partial charge on any atom is -0.493 e. The fourth-order valence-corrected chi connectivity index (χ4v) is 5.29. The van der Waals surface area contributed by atoms with Gasteiger partial charge in [-0.2, -0.15) is 0 Å². The minimum atomic E-state index is -0.351. The van der Waals surface area contributed by atoms with Crippen LogP contribution in [0.3, 0.4) is 0 Å². The van der Waals surface area contributed by atoms with E-state index in [1.54, 1.807) is 21.3 Å². The number of nitrogens with one attached hydrogen (secondary N) is 2. The van der Waals surface area contributed by atoms with Crippen molar-refractivity contribution in [1.82, 2.24) is 0 Å². The van der Waals surface area contributed by atoms with E-state index in [9.17, 15) is 4.79 Å². The first-order valence-corrected chi connectivity index (χ1v) is 12.4. The number of hydrogen-bond acceptors (Lipinski definition) is 7. The van der Waals surface area contributed by atoms with Crippen molar-refractivity contribution in [1.29, 1.82) is 0 Å². The molecule has 2 aliphatic rings. The fourth-order valence-electron chi connectivity index (χ4n) is 5.29. The first-order chi connectivity index (χ1) is 17.9. The monoisotopic (exact) mass is 499 g/mol. The molecule has 2 N–H and O–H groups in total. The summed E-state index contributed by atoms with van der Waals surface area (Å²) in [6.07, 6.45) is 2.55. The maximum absolute atomic E-state index is 13.9. The number of ketones is 1. The Morgan fingerprint density at radius 3 is 2.08 bits per heavy atom. The highest BCUT2D eigenvalue weighted by molar-refractivity contribution is 5.90. The van der Waals surface area contributed by atoms with Crippen LogP contribution < -0.4 is 29.7 Å². The highest BCUT2D eigenvalue weighted by Crippen LogP contribution is 2.47. The Kier molecular flexibility index (Phi) is 6.70. The van der Waals surface area contributed by atoms with Gasteiger partial charge in [0.2, 0.25) is 5.75 Å². The van der Waals surface area contributed by atoms with E-state index >= 15 is 0 Å². The molecule has 1 aliphatic carbocycles. The van der Waals surface area contributed by atoms with Crippen molar-refractivity contribution in [3.63, 3.8) is 0 Å². The van der Waals surface area contributed by atoms with Gasteiger partial charge in [-0.05, 0) is 47.5 Å². The average molecular weight is 500 g/mol. The second-order valence-corrected chi connectivity index (χ2v) is 9.61. The third-order valence-corrected chi connectivity index (χ3v) is 7.22. The highest BCUT2D eigenvalue weighted by Gasteiger charge is 2.40. The van der Waals surface area contributed by atoms with Gasteiger partial charge >= 0.3 is 0 Å². The molecule has 1 heterocycles. The van der Waals surface area contributed by atoms with Crippen LogP contribution in [-0.2, 0) is 4.79 Å². The first kappa shape index (κ1) is 24.6. The molecule has 7 nitrogen and oxygen atoms in total. The summed E-state index contributed by atoms with van der Waals surface area (Å²) < 4.78 is 16.6. The number of ether oxygens (including phenoxy) is 3. The summed E-state index contributed by atoms with van der Waals surface area (Å²) in [5.41, 5.74) is 5.94. The molecule has 0 bridgehead atoms. The van der Waals surface area contributed by atoms with Crippen molar-refractivity contribution >= 4 is 22.8 Å². The molecule has 3 unspecified atom stereocenters. The van der Waals surface area contributed by atoms with E-state index < -0.39 is 0 Å². The van der Waals surface area contributed by atoms with Crippen LogP contribution in [0.4, 0.5) is 17.1 Å². The van der Waals surface area contributed by atoms with Crippen LogP contribution in [0.5, 0.6) is 17.2 Å². The number of nitrogens with zero attached hydrogens (tertiary/aromatic N) is 1. The summed E-state index contributed by atoms with van der Waals surface area (Å²) in [4.78, 5) is 16.0. The van der Waals surface area contributed by atoms with E-state index in [0.717, 1.165) is 33.9 Å². The molecular weight excluding hydrogens is 466 g/mol. The van der Waals surface area contributed by atoms with E-state index in [1.165, 1.54) is 0 Å². The third-order valence-electron chi connectivity index (χ3n) is 7.22. The van der Waals surface area contributed by atoms with Crippen LogP contribution in [0.25, 0.3) is 0 Å². The largest absolute Gasteiger partial charge is 0.493 e. The fraction of sp³-hybridized carbons (Fsp3) is 0.300. The molecule has 3 aromatic carbocycles. The Balaban J connectivity index is 1.60. The van der Waals surface area contributed by atoms with Crippen molar-refractivity contribution in [3.8, 4) is 17.2 Å². The van der Waals surface area contributed by atoms with Gasteiger partial charge in [-0.1, -0.05) is 30.3 Å². The van der Waals surface area contributed by atoms with E-state index in [0.29, 0.717) is 23.7 Å². The number of methoxy groups -OCH3 is 3. The van der Waals surface area contributed by atoms with Gasteiger partial charge in [-0.25, -0.2) is 0 Å². The Hall–Kier alpha value is -4.13. The lowest BCUT2D eigenvalue weighted by molar-refractivity contribution is -0.122. The van der Waals surface area contributed by atoms with Crippen LogP contribution in [0.2, 0.25) is 0 Å². The second-order valence-electron chi connectivity index (χ2n) is 9.61. The van der Waals surface area contributed by atoms with Crippen LogP contribution in [0, 0.1) is 5.92 Å². The maximum atomic E-state index is 13.9. The molecule has 3 atom stereocenters. The summed E-state index contributed by atoms with van der Waals surface area (Å²) in [6.45, 7) is 0. The van der Waals surface area contributed by atoms with Crippen LogP contribution >= 0.6 is 0 Å². The number of anilines is 3. The van der Waals surface area contributed by atoms with Gasteiger partial charge in [-0.15, -0.1) is 0 Å². The summed E-state index contributed by atoms with van der Waals surface area (Å²) in [5.74, 6) is 1.37. The first-order valence-electron chi connectivity index (χ1n) is 12.4. The summed E-state index contributed by atoms with van der Waals surface area (Å²) >= 11 is 0. The second kappa shape index (κ2) is 10.1. The molecule has 0 saturated heterocycles. The maximum Gasteiger partial charge on any atom is 0.203 e. The lowest BCUT2D eigenvalue weighted by Crippen LogP contribution is -2.33. The highest BCUT2D eigenvalue weighted by atomic mass is 16.5. The van der Waals surface area contributed by atoms with Crippen molar-refractivity contribution in [2.75, 3.05) is 51.0 Å². The molecule has 0 fully saturated rings. The Morgan fingerprint density at radius 2 is 1.49 bits per heavy atom. The van der Waals surface area contributed by atoms with Crippen LogP contribution in [-0.4, -0.2) is 41.2 Å². The molecule has 192 valence electrons. The van der Waals surface area contributed by atoms with Gasteiger partial charge in [0.05, 0.1) is 44.7 Å². The molecule has 1 aliphatic heterocycles. The predicted molar refractivity (Wildman–Crippen MR) is 147 cm³/mol. The van der Waals surface area contributed by atoms with Crippen LogP contribution in [0.1, 0.15) is 29.5 Å². The SMILES string of the molecule is COc1cc(C2C=C3Nc4ccccc4NC(c4ccc(N(C)C)cc4)C3C(=O)C2)cc(OC)c1OC. The number of carbonyl (C=O) groups excluding carboxylic acids is 1. The van der Waals surface area contributed by atoms with Crippen molar-refractivity contribution < 1.29 is 19.0 Å². The lowest BCUT2D eigenvalue weighted by Gasteiger charge is -2.33. The number of rotatable bonds is 6. The van der Waals surface area contributed by atoms with Crippen LogP contribution in [0.15, 0.2) is 72.4 Å². The molecular formula is C30H33N3O4. The number of allylic oxidation sites excluding steroid dienone is 1. The smallest absolute Gasteiger partial charge is 0.203 e. The Labute approximate surface area is 218 Å². The number of hydrogen-bond donors (Lipinski definition) is 2. The van der Waals surface area contributed by atoms with E-state index in [-0.39, 0.29) is 23.7 Å². The Bertz CT molecular complexity index is 1310. The van der Waals surface area contributed by atoms with Gasteiger partial charge in [0.15, 0.2) is 11.5 Å². The molecule has 5 rings (SSSR count). The number of benzene rings is 3. The van der Waals surface area contributed by atoms with Crippen molar-refractivity contribution in [2.45, 2.75) is 18.4 Å². The van der Waals surface area contributed by atoms with E-state index in [4.69, 9.17) is 14.2 Å². The molecule has 0 amide bonds.